The lowest BCUT2D eigenvalue weighted by Gasteiger charge is -2.49. The number of fused-ring (bicyclic) bond motifs is 2. The fraction of sp³-hybridized carbons (Fsp3) is 0.571. The van der Waals surface area contributed by atoms with Crippen molar-refractivity contribution in [1.82, 2.24) is 9.80 Å². The third kappa shape index (κ3) is 4.52. The Balaban J connectivity index is 1.70. The molecule has 1 unspecified atom stereocenters. The van der Waals surface area contributed by atoms with Crippen molar-refractivity contribution in [3.05, 3.63) is 35.9 Å². The summed E-state index contributed by atoms with van der Waals surface area (Å²) in [6, 6.07) is 8.83. The van der Waals surface area contributed by atoms with Gasteiger partial charge in [0.05, 0.1) is 0 Å². The molecular weight excluding hydrogens is 360 g/mol. The van der Waals surface area contributed by atoms with Crippen molar-refractivity contribution in [3.8, 4) is 0 Å². The van der Waals surface area contributed by atoms with Gasteiger partial charge in [0.15, 0.2) is 0 Å². The summed E-state index contributed by atoms with van der Waals surface area (Å²) in [5, 5.41) is 0. The number of carbonyl (C=O) groups is 3. The summed E-state index contributed by atoms with van der Waals surface area (Å²) in [6.07, 6.45) is -0.196. The fourth-order valence-corrected chi connectivity index (χ4v) is 3.79. The maximum Gasteiger partial charge on any atom is 0.410 e. The number of rotatable bonds is 3. The van der Waals surface area contributed by atoms with E-state index in [2.05, 4.69) is 0 Å². The lowest BCUT2D eigenvalue weighted by atomic mass is 9.81. The fourth-order valence-electron chi connectivity index (χ4n) is 3.79. The summed E-state index contributed by atoms with van der Waals surface area (Å²) in [4.78, 5) is 41.5. The van der Waals surface area contributed by atoms with Crippen LogP contribution >= 0.6 is 0 Å². The van der Waals surface area contributed by atoms with E-state index in [4.69, 9.17) is 9.47 Å². The van der Waals surface area contributed by atoms with Gasteiger partial charge in [-0.05, 0) is 33.4 Å². The number of piperazine rings is 1. The predicted molar refractivity (Wildman–Crippen MR) is 102 cm³/mol. The van der Waals surface area contributed by atoms with Crippen LogP contribution in [0.15, 0.2) is 30.3 Å². The summed E-state index contributed by atoms with van der Waals surface area (Å²) in [5.74, 6) is -1.54. The van der Waals surface area contributed by atoms with E-state index in [1.165, 1.54) is 0 Å². The molecule has 2 aliphatic rings. The van der Waals surface area contributed by atoms with Gasteiger partial charge >= 0.3 is 12.1 Å². The first-order valence-corrected chi connectivity index (χ1v) is 9.59. The Morgan fingerprint density at radius 3 is 2.46 bits per heavy atom. The van der Waals surface area contributed by atoms with Gasteiger partial charge in [-0.15, -0.1) is 0 Å². The van der Waals surface area contributed by atoms with Crippen LogP contribution in [0.1, 0.15) is 32.8 Å². The van der Waals surface area contributed by atoms with Gasteiger partial charge < -0.3 is 14.4 Å². The van der Waals surface area contributed by atoms with Crippen LogP contribution in [0.3, 0.4) is 0 Å². The van der Waals surface area contributed by atoms with Crippen molar-refractivity contribution in [2.45, 2.75) is 51.5 Å². The third-order valence-corrected chi connectivity index (χ3v) is 5.24. The van der Waals surface area contributed by atoms with E-state index in [0.29, 0.717) is 6.54 Å². The highest BCUT2D eigenvalue weighted by Crippen LogP contribution is 2.31. The number of ketones is 1. The summed E-state index contributed by atoms with van der Waals surface area (Å²) >= 11 is 0. The average Bonchev–Trinajstić information content (AvgIpc) is 2.60. The molecule has 0 aromatic heterocycles. The number of ether oxygens (including phenoxy) is 2. The molecule has 0 radical (unpaired) electrons. The van der Waals surface area contributed by atoms with Gasteiger partial charge in [0.2, 0.25) is 0 Å². The quantitative estimate of drug-likeness (QED) is 0.584. The van der Waals surface area contributed by atoms with E-state index in [0.717, 1.165) is 5.56 Å². The molecule has 2 fully saturated rings. The van der Waals surface area contributed by atoms with Crippen LogP contribution in [0.5, 0.6) is 0 Å². The molecule has 2 saturated heterocycles. The van der Waals surface area contributed by atoms with Gasteiger partial charge in [-0.3, -0.25) is 14.5 Å². The van der Waals surface area contributed by atoms with E-state index in [-0.39, 0.29) is 31.4 Å². The van der Waals surface area contributed by atoms with E-state index < -0.39 is 29.6 Å². The molecule has 2 heterocycles. The smallest absolute Gasteiger partial charge is 0.410 e. The zero-order valence-corrected chi connectivity index (χ0v) is 16.9. The van der Waals surface area contributed by atoms with E-state index in [9.17, 15) is 14.4 Å². The molecule has 2 bridgehead atoms. The Kier molecular flexibility index (Phi) is 5.74. The van der Waals surface area contributed by atoms with Crippen molar-refractivity contribution >= 4 is 17.8 Å². The van der Waals surface area contributed by atoms with Crippen molar-refractivity contribution in [3.63, 3.8) is 0 Å². The number of nitrogens with zero attached hydrogens (tertiary/aromatic N) is 2. The van der Waals surface area contributed by atoms with E-state index in [1.807, 2.05) is 63.1 Å². The highest BCUT2D eigenvalue weighted by molar-refractivity contribution is 6.01. The van der Waals surface area contributed by atoms with Crippen LogP contribution in [0.25, 0.3) is 0 Å². The zero-order valence-electron chi connectivity index (χ0n) is 16.9. The second-order valence-corrected chi connectivity index (χ2v) is 8.51. The van der Waals surface area contributed by atoms with Gasteiger partial charge in [0, 0.05) is 31.6 Å². The average molecular weight is 388 g/mol. The number of carbonyl (C=O) groups excluding carboxylic acids is 3. The first-order valence-electron chi connectivity index (χ1n) is 9.59. The second kappa shape index (κ2) is 7.91. The Morgan fingerprint density at radius 1 is 1.14 bits per heavy atom. The summed E-state index contributed by atoms with van der Waals surface area (Å²) in [5.41, 5.74) is 0.267. The maximum atomic E-state index is 12.7. The Hall–Kier alpha value is -2.41. The zero-order chi connectivity index (χ0) is 20.5. The Labute approximate surface area is 165 Å². The van der Waals surface area contributed by atoms with Crippen molar-refractivity contribution < 1.29 is 23.9 Å². The molecule has 7 nitrogen and oxygen atoms in total. The normalized spacial score (nSPS) is 25.4. The van der Waals surface area contributed by atoms with Gasteiger partial charge in [-0.25, -0.2) is 4.79 Å². The molecule has 28 heavy (non-hydrogen) atoms. The molecule has 7 heteroatoms. The van der Waals surface area contributed by atoms with Gasteiger partial charge in [0.25, 0.3) is 0 Å². The van der Waals surface area contributed by atoms with Crippen LogP contribution in [-0.2, 0) is 25.7 Å². The second-order valence-electron chi connectivity index (χ2n) is 8.51. The first kappa shape index (κ1) is 20.3. The van der Waals surface area contributed by atoms with Crippen LogP contribution in [0.4, 0.5) is 4.79 Å². The number of piperidine rings is 1. The van der Waals surface area contributed by atoms with Gasteiger partial charge in [-0.1, -0.05) is 30.3 Å². The number of hydrogen-bond donors (Lipinski definition) is 0. The Morgan fingerprint density at radius 2 is 1.82 bits per heavy atom. The monoisotopic (exact) mass is 388 g/mol. The number of likely N-dealkylation sites (N-methyl/N-ethyl adjacent to an activating group) is 1. The molecule has 0 spiro atoms. The summed E-state index contributed by atoms with van der Waals surface area (Å²) in [7, 11) is 1.89. The van der Waals surface area contributed by atoms with Crippen LogP contribution in [-0.4, -0.2) is 65.5 Å². The molecule has 2 aliphatic heterocycles. The highest BCUT2D eigenvalue weighted by Gasteiger charge is 2.50. The summed E-state index contributed by atoms with van der Waals surface area (Å²) < 4.78 is 10.9. The molecular formula is C21H28N2O5. The molecule has 3 atom stereocenters. The molecule has 152 valence electrons. The van der Waals surface area contributed by atoms with Crippen molar-refractivity contribution in [2.75, 3.05) is 20.1 Å². The predicted octanol–water partition coefficient (Wildman–Crippen LogP) is 2.24. The van der Waals surface area contributed by atoms with Crippen molar-refractivity contribution in [1.29, 1.82) is 0 Å². The molecule has 0 aliphatic carbocycles. The third-order valence-electron chi connectivity index (χ3n) is 5.24. The minimum Gasteiger partial charge on any atom is -0.460 e. The van der Waals surface area contributed by atoms with Crippen LogP contribution < -0.4 is 0 Å². The molecule has 0 N–H and O–H groups in total. The molecule has 1 amide bonds. The standard InChI is InChI=1S/C21H28N2O5/c1-21(2,3)28-20(26)23-11-15-10-17(24)18(16(12-23)22(15)4)19(25)27-13-14-8-6-5-7-9-14/h5-9,15-16,18H,10-13H2,1-4H3/t15-,16-,18?/m1/s1. The highest BCUT2D eigenvalue weighted by atomic mass is 16.6. The molecule has 1 aromatic rings. The molecule has 0 saturated carbocycles. The SMILES string of the molecule is CN1[C@@H]2CC(=O)C(C(=O)OCc3ccccc3)[C@H]1CN(C(=O)OC(C)(C)C)C2. The topological polar surface area (TPSA) is 76.2 Å². The number of esters is 1. The maximum absolute atomic E-state index is 12.7. The molecule has 3 rings (SSSR count). The first-order chi connectivity index (χ1) is 13.2. The minimum atomic E-state index is -0.893. The summed E-state index contributed by atoms with van der Waals surface area (Å²) in [6.45, 7) is 6.25. The number of likely N-dealkylation sites (tertiary alicyclic amines) is 1. The van der Waals surface area contributed by atoms with Crippen LogP contribution in [0.2, 0.25) is 0 Å². The molecule has 1 aromatic carbocycles. The lowest BCUT2D eigenvalue weighted by molar-refractivity contribution is -0.162. The largest absolute Gasteiger partial charge is 0.460 e. The van der Waals surface area contributed by atoms with E-state index in [1.54, 1.807) is 4.90 Å². The Bertz CT molecular complexity index is 743. The van der Waals surface area contributed by atoms with Crippen molar-refractivity contribution in [2.24, 2.45) is 5.92 Å². The van der Waals surface area contributed by atoms with Gasteiger partial charge in [-0.2, -0.15) is 0 Å². The number of amides is 1. The number of Topliss-reactive ketones (excluding diaryl/α,β-unsaturated/α-hetero) is 1. The van der Waals surface area contributed by atoms with Crippen LogP contribution in [0, 0.1) is 5.92 Å². The number of benzene rings is 1. The van der Waals surface area contributed by atoms with E-state index >= 15 is 0 Å². The number of hydrogen-bond acceptors (Lipinski definition) is 6. The van der Waals surface area contributed by atoms with Gasteiger partial charge in [0.1, 0.15) is 23.9 Å². The lowest BCUT2D eigenvalue weighted by Crippen LogP contribution is -2.67. The minimum absolute atomic E-state index is 0.114.